The summed E-state index contributed by atoms with van der Waals surface area (Å²) in [5, 5.41) is 12.9. The average Bonchev–Trinajstić information content (AvgIpc) is 3.64. The minimum atomic E-state index is -1.32. The fourth-order valence-corrected chi connectivity index (χ4v) is 4.64. The molecule has 1 unspecified atom stereocenters. The van der Waals surface area contributed by atoms with Crippen LogP contribution >= 0.6 is 0 Å². The molecule has 3 aromatic rings. The van der Waals surface area contributed by atoms with Gasteiger partial charge in [-0.2, -0.15) is 0 Å². The van der Waals surface area contributed by atoms with Crippen molar-refractivity contribution in [2.24, 2.45) is 0 Å². The first-order chi connectivity index (χ1) is 15.5. The molecule has 1 aliphatic carbocycles. The highest BCUT2D eigenvalue weighted by molar-refractivity contribution is 5.97. The molecule has 2 aliphatic rings. The highest BCUT2D eigenvalue weighted by Crippen LogP contribution is 2.45. The van der Waals surface area contributed by atoms with Crippen LogP contribution in [0.25, 0.3) is 10.9 Å². The van der Waals surface area contributed by atoms with Crippen LogP contribution in [0.15, 0.2) is 47.4 Å². The topological polar surface area (TPSA) is 83.8 Å². The molecule has 1 atom stereocenters. The average molecular weight is 437 g/mol. The fraction of sp³-hybridized carbons (Fsp3) is 0.333. The van der Waals surface area contributed by atoms with Crippen molar-refractivity contribution in [3.8, 4) is 5.75 Å². The second-order valence-corrected chi connectivity index (χ2v) is 8.28. The van der Waals surface area contributed by atoms with Crippen molar-refractivity contribution in [3.63, 3.8) is 0 Å². The summed E-state index contributed by atoms with van der Waals surface area (Å²) in [7, 11) is 1.46. The van der Waals surface area contributed by atoms with E-state index in [1.54, 1.807) is 4.57 Å². The predicted octanol–water partition coefficient (Wildman–Crippen LogP) is 3.33. The Morgan fingerprint density at radius 2 is 2.00 bits per heavy atom. The second kappa shape index (κ2) is 7.94. The molecule has 2 N–H and O–H groups in total. The lowest BCUT2D eigenvalue weighted by molar-refractivity contribution is 0.0695. The quantitative estimate of drug-likeness (QED) is 0.637. The third kappa shape index (κ3) is 3.31. The number of carboxylic acids is 1. The number of hydrogen-bond acceptors (Lipinski definition) is 5. The monoisotopic (exact) mass is 437 g/mol. The van der Waals surface area contributed by atoms with Gasteiger partial charge in [-0.1, -0.05) is 30.3 Å². The Hall–Kier alpha value is -3.39. The van der Waals surface area contributed by atoms with E-state index in [1.165, 1.54) is 19.4 Å². The molecule has 32 heavy (non-hydrogen) atoms. The van der Waals surface area contributed by atoms with E-state index in [4.69, 9.17) is 4.74 Å². The molecule has 7 nitrogen and oxygen atoms in total. The van der Waals surface area contributed by atoms with E-state index >= 15 is 4.39 Å². The Bertz CT molecular complexity index is 1250. The smallest absolute Gasteiger partial charge is 0.341 e. The van der Waals surface area contributed by atoms with Gasteiger partial charge >= 0.3 is 5.97 Å². The van der Waals surface area contributed by atoms with Crippen molar-refractivity contribution in [2.75, 3.05) is 31.6 Å². The third-order valence-electron chi connectivity index (χ3n) is 6.29. The summed E-state index contributed by atoms with van der Waals surface area (Å²) in [4.78, 5) is 26.6. The molecule has 1 saturated carbocycles. The minimum absolute atomic E-state index is 0.0290. The van der Waals surface area contributed by atoms with Crippen molar-refractivity contribution in [2.45, 2.75) is 24.9 Å². The van der Waals surface area contributed by atoms with Crippen LogP contribution in [0.1, 0.15) is 40.8 Å². The standard InChI is InChI=1S/C24H24FN3O4/c1-32-23-20-16(22(29)17(24(30)31)13-28(20)15-7-8-15)11-18(25)21(23)27-10-9-26-12-19(27)14-5-3-2-4-6-14/h2-6,11,13,15,19,26H,7-10,12H2,1H3,(H,30,31). The molecule has 2 fully saturated rings. The number of halogens is 1. The molecular formula is C24H24FN3O4. The lowest BCUT2D eigenvalue weighted by Gasteiger charge is -2.39. The summed E-state index contributed by atoms with van der Waals surface area (Å²) < 4.78 is 23.2. The van der Waals surface area contributed by atoms with Crippen molar-refractivity contribution in [1.82, 2.24) is 9.88 Å². The number of methoxy groups -OCH3 is 1. The fourth-order valence-electron chi connectivity index (χ4n) is 4.64. The summed E-state index contributed by atoms with van der Waals surface area (Å²) in [5.41, 5.74) is 0.733. The van der Waals surface area contributed by atoms with Crippen molar-refractivity contribution in [1.29, 1.82) is 0 Å². The molecule has 0 radical (unpaired) electrons. The third-order valence-corrected chi connectivity index (χ3v) is 6.29. The van der Waals surface area contributed by atoms with Gasteiger partial charge in [0.25, 0.3) is 0 Å². The summed E-state index contributed by atoms with van der Waals surface area (Å²) in [6.45, 7) is 1.87. The highest BCUT2D eigenvalue weighted by Gasteiger charge is 2.34. The van der Waals surface area contributed by atoms with E-state index < -0.39 is 17.2 Å². The summed E-state index contributed by atoms with van der Waals surface area (Å²) in [6, 6.07) is 11.0. The number of carboxylic acid groups (broad SMARTS) is 1. The van der Waals surface area contributed by atoms with E-state index in [0.29, 0.717) is 30.8 Å². The Morgan fingerprint density at radius 1 is 1.25 bits per heavy atom. The van der Waals surface area contributed by atoms with Gasteiger partial charge in [-0.3, -0.25) is 4.79 Å². The molecule has 1 aromatic heterocycles. The maximum atomic E-state index is 15.7. The van der Waals surface area contributed by atoms with Gasteiger partial charge in [-0.15, -0.1) is 0 Å². The number of benzene rings is 2. The van der Waals surface area contributed by atoms with Gasteiger partial charge in [0.1, 0.15) is 11.3 Å². The van der Waals surface area contributed by atoms with Gasteiger partial charge in [0, 0.05) is 31.9 Å². The summed E-state index contributed by atoms with van der Waals surface area (Å²) in [6.07, 6.45) is 3.11. The molecule has 2 heterocycles. The van der Waals surface area contributed by atoms with Crippen LogP contribution in [0.5, 0.6) is 5.75 Å². The molecule has 166 valence electrons. The molecule has 2 aromatic carbocycles. The number of nitrogens with one attached hydrogen (secondary N) is 1. The van der Waals surface area contributed by atoms with Crippen LogP contribution in [0.2, 0.25) is 0 Å². The zero-order valence-corrected chi connectivity index (χ0v) is 17.7. The maximum absolute atomic E-state index is 15.7. The Morgan fingerprint density at radius 3 is 2.66 bits per heavy atom. The van der Waals surface area contributed by atoms with Crippen LogP contribution in [-0.4, -0.2) is 42.4 Å². The zero-order chi connectivity index (χ0) is 22.4. The van der Waals surface area contributed by atoms with Gasteiger partial charge in [-0.05, 0) is 24.5 Å². The number of ether oxygens (including phenoxy) is 1. The van der Waals surface area contributed by atoms with Gasteiger partial charge in [0.15, 0.2) is 11.6 Å². The van der Waals surface area contributed by atoms with Crippen molar-refractivity contribution < 1.29 is 19.0 Å². The number of carbonyl (C=O) groups is 1. The predicted molar refractivity (Wildman–Crippen MR) is 119 cm³/mol. The largest absolute Gasteiger partial charge is 0.492 e. The van der Waals surface area contributed by atoms with E-state index in [2.05, 4.69) is 5.32 Å². The van der Waals surface area contributed by atoms with Crippen molar-refractivity contribution in [3.05, 3.63) is 69.8 Å². The molecule has 0 spiro atoms. The number of nitrogens with zero attached hydrogens (tertiary/aromatic N) is 2. The van der Waals surface area contributed by atoms with Gasteiger partial charge in [-0.25, -0.2) is 9.18 Å². The van der Waals surface area contributed by atoms with Crippen LogP contribution in [0.4, 0.5) is 10.1 Å². The Balaban J connectivity index is 1.78. The number of aromatic carboxylic acids is 1. The van der Waals surface area contributed by atoms with Gasteiger partial charge < -0.3 is 24.6 Å². The van der Waals surface area contributed by atoms with E-state index in [1.807, 2.05) is 35.2 Å². The highest BCUT2D eigenvalue weighted by atomic mass is 19.1. The second-order valence-electron chi connectivity index (χ2n) is 8.28. The zero-order valence-electron chi connectivity index (χ0n) is 17.7. The molecule has 8 heteroatoms. The minimum Gasteiger partial charge on any atom is -0.492 e. The molecule has 1 aliphatic heterocycles. The van der Waals surface area contributed by atoms with Crippen molar-refractivity contribution >= 4 is 22.6 Å². The molecule has 1 saturated heterocycles. The maximum Gasteiger partial charge on any atom is 0.341 e. The number of piperazine rings is 1. The molecule has 0 bridgehead atoms. The van der Waals surface area contributed by atoms with Gasteiger partial charge in [0.05, 0.1) is 24.1 Å². The first kappa shape index (κ1) is 20.5. The van der Waals surface area contributed by atoms with Crippen LogP contribution in [-0.2, 0) is 0 Å². The lowest BCUT2D eigenvalue weighted by atomic mass is 10.0. The first-order valence-corrected chi connectivity index (χ1v) is 10.7. The number of fused-ring (bicyclic) bond motifs is 1. The van der Waals surface area contributed by atoms with E-state index in [-0.39, 0.29) is 28.8 Å². The van der Waals surface area contributed by atoms with Crippen LogP contribution < -0.4 is 20.4 Å². The Kier molecular flexibility index (Phi) is 5.09. The van der Waals surface area contributed by atoms with Gasteiger partial charge in [0.2, 0.25) is 5.43 Å². The van der Waals surface area contributed by atoms with E-state index in [0.717, 1.165) is 18.4 Å². The summed E-state index contributed by atoms with van der Waals surface area (Å²) >= 11 is 0. The number of pyridine rings is 1. The molecule has 0 amide bonds. The first-order valence-electron chi connectivity index (χ1n) is 10.7. The molecular weight excluding hydrogens is 413 g/mol. The summed E-state index contributed by atoms with van der Waals surface area (Å²) in [5.74, 6) is -1.65. The Labute approximate surface area is 184 Å². The van der Waals surface area contributed by atoms with E-state index in [9.17, 15) is 14.7 Å². The number of aromatic nitrogens is 1. The number of rotatable bonds is 5. The normalized spacial score (nSPS) is 18.7. The SMILES string of the molecule is COc1c(N2CCNCC2c2ccccc2)c(F)cc2c(=O)c(C(=O)O)cn(C3CC3)c12. The molecule has 5 rings (SSSR count). The lowest BCUT2D eigenvalue weighted by Crippen LogP contribution is -2.46. The van der Waals surface area contributed by atoms with Crippen LogP contribution in [0.3, 0.4) is 0 Å². The van der Waals surface area contributed by atoms with Crippen LogP contribution in [0, 0.1) is 5.82 Å². The number of anilines is 1. The number of hydrogen-bond donors (Lipinski definition) is 2.